The van der Waals surface area contributed by atoms with Crippen LogP contribution in [0.15, 0.2) is 34.6 Å². The fourth-order valence-electron chi connectivity index (χ4n) is 2.05. The number of amides is 2. The molecule has 0 radical (unpaired) electrons. The predicted octanol–water partition coefficient (Wildman–Crippen LogP) is 4.09. The molecule has 10 heteroatoms. The number of aryl methyl sites for hydroxylation is 1. The van der Waals surface area contributed by atoms with Crippen LogP contribution in [-0.2, 0) is 15.8 Å². The van der Waals surface area contributed by atoms with E-state index in [1.54, 1.807) is 13.8 Å². The number of aromatic nitrogens is 1. The van der Waals surface area contributed by atoms with Crippen LogP contribution >= 0.6 is 23.1 Å². The van der Waals surface area contributed by atoms with Gasteiger partial charge in [-0.05, 0) is 37.1 Å². The van der Waals surface area contributed by atoms with Crippen LogP contribution < -0.4 is 11.1 Å². The number of halogens is 3. The molecule has 5 nitrogen and oxygen atoms in total. The Hall–Kier alpha value is -2.33. The van der Waals surface area contributed by atoms with Gasteiger partial charge in [-0.25, -0.2) is 4.98 Å². The van der Waals surface area contributed by atoms with Crippen LogP contribution in [0.25, 0.3) is 5.57 Å². The topological polar surface area (TPSA) is 85.1 Å². The zero-order chi connectivity index (χ0) is 20.2. The number of anilines is 1. The van der Waals surface area contributed by atoms with Gasteiger partial charge in [0.25, 0.3) is 0 Å². The number of nitrogens with one attached hydrogen (secondary N) is 1. The summed E-state index contributed by atoms with van der Waals surface area (Å²) in [5.74, 6) is -0.787. The van der Waals surface area contributed by atoms with Crippen molar-refractivity contribution in [1.82, 2.24) is 4.98 Å². The van der Waals surface area contributed by atoms with Crippen LogP contribution in [0.1, 0.15) is 23.7 Å². The van der Waals surface area contributed by atoms with E-state index in [1.807, 2.05) is 0 Å². The summed E-state index contributed by atoms with van der Waals surface area (Å²) in [6.07, 6.45) is -3.12. The molecule has 0 aliphatic rings. The molecule has 0 atom stereocenters. The highest BCUT2D eigenvalue weighted by Crippen LogP contribution is 2.32. The smallest absolute Gasteiger partial charge is 0.369 e. The van der Waals surface area contributed by atoms with Crippen LogP contribution in [0, 0.1) is 6.92 Å². The molecule has 1 aromatic carbocycles. The molecular formula is C17H16F3N3O2S2. The molecule has 144 valence electrons. The van der Waals surface area contributed by atoms with Gasteiger partial charge < -0.3 is 5.73 Å². The van der Waals surface area contributed by atoms with Crippen LogP contribution in [0.5, 0.6) is 0 Å². The Morgan fingerprint density at radius 2 is 1.93 bits per heavy atom. The molecule has 0 fully saturated rings. The average Bonchev–Trinajstić information content (AvgIpc) is 2.91. The number of hydrogen-bond acceptors (Lipinski definition) is 5. The second-order valence-corrected chi connectivity index (χ2v) is 7.78. The number of carbonyl (C=O) groups excluding carboxylic acids is 2. The zero-order valence-electron chi connectivity index (χ0n) is 14.4. The molecule has 0 unspecified atom stereocenters. The fourth-order valence-corrected chi connectivity index (χ4v) is 3.93. The van der Waals surface area contributed by atoms with E-state index in [4.69, 9.17) is 5.73 Å². The summed E-state index contributed by atoms with van der Waals surface area (Å²) in [6, 6.07) is 4.57. The summed E-state index contributed by atoms with van der Waals surface area (Å²) in [6.45, 7) is 3.38. The maximum absolute atomic E-state index is 12.6. The maximum atomic E-state index is 12.6. The summed E-state index contributed by atoms with van der Waals surface area (Å²) < 4.78 is 38.6. The normalized spacial score (nSPS) is 12.1. The Kier molecular flexibility index (Phi) is 6.66. The molecule has 1 heterocycles. The first-order valence-electron chi connectivity index (χ1n) is 7.61. The van der Waals surface area contributed by atoms with Crippen molar-refractivity contribution in [2.24, 2.45) is 5.73 Å². The van der Waals surface area contributed by atoms with Crippen molar-refractivity contribution in [3.8, 4) is 0 Å². The minimum absolute atomic E-state index is 0.114. The van der Waals surface area contributed by atoms with E-state index >= 15 is 0 Å². The molecule has 0 saturated heterocycles. The van der Waals surface area contributed by atoms with Gasteiger partial charge in [0.05, 0.1) is 21.2 Å². The lowest BCUT2D eigenvalue weighted by molar-refractivity contribution is -0.137. The average molecular weight is 415 g/mol. The number of thiazole rings is 1. The van der Waals surface area contributed by atoms with Crippen molar-refractivity contribution >= 4 is 45.6 Å². The molecule has 27 heavy (non-hydrogen) atoms. The quantitative estimate of drug-likeness (QED) is 0.550. The molecule has 0 aliphatic heterocycles. The molecule has 2 aromatic rings. The number of carbonyl (C=O) groups is 2. The summed E-state index contributed by atoms with van der Waals surface area (Å²) in [4.78, 5) is 27.2. The minimum Gasteiger partial charge on any atom is -0.369 e. The van der Waals surface area contributed by atoms with Gasteiger partial charge in [0, 0.05) is 6.08 Å². The highest BCUT2D eigenvalue weighted by Gasteiger charge is 2.29. The van der Waals surface area contributed by atoms with Gasteiger partial charge in [0.1, 0.15) is 0 Å². The van der Waals surface area contributed by atoms with E-state index < -0.39 is 23.6 Å². The lowest BCUT2D eigenvalue weighted by Crippen LogP contribution is -2.12. The number of nitrogens with zero attached hydrogens (tertiary/aromatic N) is 1. The van der Waals surface area contributed by atoms with E-state index in [0.29, 0.717) is 22.0 Å². The molecular weight excluding hydrogens is 399 g/mol. The minimum atomic E-state index is -4.40. The first-order valence-corrected chi connectivity index (χ1v) is 9.42. The van der Waals surface area contributed by atoms with Gasteiger partial charge in [0.2, 0.25) is 11.8 Å². The molecule has 1 aromatic heterocycles. The lowest BCUT2D eigenvalue weighted by atomic mass is 10.0. The molecule has 0 saturated carbocycles. The van der Waals surface area contributed by atoms with Crippen molar-refractivity contribution in [3.05, 3.63) is 47.2 Å². The second kappa shape index (κ2) is 8.57. The third kappa shape index (κ3) is 6.10. The standard InChI is InChI=1S/C17H16F3N3O2S2/c1-9(11-3-5-12(6-4-11)17(18,19)20)7-14(25)23-16-22-10(2)15(27-16)26-8-13(21)24/h3-7H,8H2,1-2H3,(H2,21,24)(H,22,23,25). The second-order valence-electron chi connectivity index (χ2n) is 5.54. The van der Waals surface area contributed by atoms with Crippen LogP contribution in [0.2, 0.25) is 0 Å². The van der Waals surface area contributed by atoms with E-state index in [-0.39, 0.29) is 5.75 Å². The van der Waals surface area contributed by atoms with E-state index in [2.05, 4.69) is 10.3 Å². The molecule has 0 aliphatic carbocycles. The molecule has 2 rings (SSSR count). The monoisotopic (exact) mass is 415 g/mol. The fraction of sp³-hybridized carbons (Fsp3) is 0.235. The van der Waals surface area contributed by atoms with Gasteiger partial charge >= 0.3 is 6.18 Å². The number of benzene rings is 1. The van der Waals surface area contributed by atoms with Crippen molar-refractivity contribution in [2.45, 2.75) is 24.2 Å². The number of hydrogen-bond donors (Lipinski definition) is 2. The van der Waals surface area contributed by atoms with Crippen LogP contribution in [0.4, 0.5) is 18.3 Å². The van der Waals surface area contributed by atoms with Crippen molar-refractivity contribution in [1.29, 1.82) is 0 Å². The zero-order valence-corrected chi connectivity index (χ0v) is 16.0. The van der Waals surface area contributed by atoms with Gasteiger partial charge in [-0.1, -0.05) is 23.5 Å². The van der Waals surface area contributed by atoms with Crippen molar-refractivity contribution in [3.63, 3.8) is 0 Å². The Morgan fingerprint density at radius 3 is 2.48 bits per heavy atom. The number of primary amides is 1. The largest absolute Gasteiger partial charge is 0.416 e. The Bertz CT molecular complexity index is 875. The van der Waals surface area contributed by atoms with E-state index in [1.165, 1.54) is 41.3 Å². The number of thioether (sulfide) groups is 1. The van der Waals surface area contributed by atoms with Crippen LogP contribution in [-0.4, -0.2) is 22.6 Å². The molecule has 2 amide bonds. The van der Waals surface area contributed by atoms with Gasteiger partial charge in [-0.3, -0.25) is 14.9 Å². The van der Waals surface area contributed by atoms with Crippen LogP contribution in [0.3, 0.4) is 0 Å². The summed E-state index contributed by atoms with van der Waals surface area (Å²) in [5, 5.41) is 2.97. The van der Waals surface area contributed by atoms with Gasteiger partial charge in [0.15, 0.2) is 5.13 Å². The molecule has 0 bridgehead atoms. The van der Waals surface area contributed by atoms with Gasteiger partial charge in [-0.15, -0.1) is 11.8 Å². The maximum Gasteiger partial charge on any atom is 0.416 e. The first kappa shape index (κ1) is 21.0. The predicted molar refractivity (Wildman–Crippen MR) is 100 cm³/mol. The lowest BCUT2D eigenvalue weighted by Gasteiger charge is -2.08. The first-order chi connectivity index (χ1) is 12.6. The Morgan fingerprint density at radius 1 is 1.30 bits per heavy atom. The third-order valence-corrected chi connectivity index (χ3v) is 5.80. The Balaban J connectivity index is 2.05. The summed E-state index contributed by atoms with van der Waals surface area (Å²) in [7, 11) is 0. The SMILES string of the molecule is CC(=CC(=O)Nc1nc(C)c(SCC(N)=O)s1)c1ccc(C(F)(F)F)cc1. The third-order valence-electron chi connectivity index (χ3n) is 3.34. The summed E-state index contributed by atoms with van der Waals surface area (Å²) in [5.41, 5.74) is 6.05. The number of rotatable bonds is 6. The highest BCUT2D eigenvalue weighted by molar-refractivity contribution is 8.01. The number of nitrogens with two attached hydrogens (primary N) is 1. The van der Waals surface area contributed by atoms with Crippen molar-refractivity contribution in [2.75, 3.05) is 11.1 Å². The number of alkyl halides is 3. The van der Waals surface area contributed by atoms with E-state index in [9.17, 15) is 22.8 Å². The summed E-state index contributed by atoms with van der Waals surface area (Å²) >= 11 is 2.46. The number of allylic oxidation sites excluding steroid dienone is 1. The van der Waals surface area contributed by atoms with Crippen molar-refractivity contribution < 1.29 is 22.8 Å². The highest BCUT2D eigenvalue weighted by atomic mass is 32.2. The van der Waals surface area contributed by atoms with Gasteiger partial charge in [-0.2, -0.15) is 13.2 Å². The Labute approximate surface area is 161 Å². The van der Waals surface area contributed by atoms with E-state index in [0.717, 1.165) is 16.3 Å². The molecule has 3 N–H and O–H groups in total. The molecule has 0 spiro atoms.